The van der Waals surface area contributed by atoms with Gasteiger partial charge in [0, 0.05) is 11.5 Å². The molecular formula is C13H13FO3. The molecule has 1 aromatic rings. The van der Waals surface area contributed by atoms with Crippen molar-refractivity contribution < 1.29 is 19.1 Å². The van der Waals surface area contributed by atoms with Gasteiger partial charge >= 0.3 is 5.97 Å². The van der Waals surface area contributed by atoms with Crippen LogP contribution in [0.3, 0.4) is 0 Å². The fraction of sp³-hybridized carbons (Fsp3) is 0.385. The molecule has 1 aromatic carbocycles. The van der Waals surface area contributed by atoms with Crippen LogP contribution in [-0.4, -0.2) is 16.9 Å². The van der Waals surface area contributed by atoms with Crippen LogP contribution in [0.1, 0.15) is 29.6 Å². The number of carbonyl (C=O) groups excluding carboxylic acids is 1. The minimum Gasteiger partial charge on any atom is -0.481 e. The molecule has 4 heteroatoms. The Balaban J connectivity index is 2.19. The number of carbonyl (C=O) groups is 2. The first kappa shape index (κ1) is 11.8. The quantitative estimate of drug-likeness (QED) is 0.820. The number of aliphatic carboxylic acids is 1. The van der Waals surface area contributed by atoms with Crippen molar-refractivity contribution >= 4 is 11.8 Å². The molecule has 0 amide bonds. The maximum Gasteiger partial charge on any atom is 0.307 e. The Kier molecular flexibility index (Phi) is 3.22. The summed E-state index contributed by atoms with van der Waals surface area (Å²) in [5, 5.41) is 9.01. The molecule has 3 nitrogen and oxygen atoms in total. The average Bonchev–Trinajstić information content (AvgIpc) is 2.78. The highest BCUT2D eigenvalue weighted by Crippen LogP contribution is 2.34. The number of benzene rings is 1. The molecule has 17 heavy (non-hydrogen) atoms. The summed E-state index contributed by atoms with van der Waals surface area (Å²) >= 11 is 0. The number of ketones is 1. The molecule has 1 N–H and O–H groups in total. The van der Waals surface area contributed by atoms with Gasteiger partial charge < -0.3 is 5.11 Å². The van der Waals surface area contributed by atoms with Gasteiger partial charge in [0.1, 0.15) is 5.82 Å². The summed E-state index contributed by atoms with van der Waals surface area (Å²) < 4.78 is 12.7. The van der Waals surface area contributed by atoms with Crippen molar-refractivity contribution in [3.8, 4) is 0 Å². The van der Waals surface area contributed by atoms with Crippen LogP contribution in [0.25, 0.3) is 0 Å². The third-order valence-electron chi connectivity index (χ3n) is 3.30. The molecule has 0 radical (unpaired) electrons. The Labute approximate surface area is 98.3 Å². The summed E-state index contributed by atoms with van der Waals surface area (Å²) in [7, 11) is 0. The van der Waals surface area contributed by atoms with Gasteiger partial charge in [-0.15, -0.1) is 0 Å². The van der Waals surface area contributed by atoms with E-state index in [0.29, 0.717) is 18.4 Å². The summed E-state index contributed by atoms with van der Waals surface area (Å²) in [6.07, 6.45) is 1.91. The van der Waals surface area contributed by atoms with Gasteiger partial charge in [0.25, 0.3) is 0 Å². The molecule has 2 atom stereocenters. The zero-order chi connectivity index (χ0) is 12.4. The lowest BCUT2D eigenvalue weighted by atomic mass is 9.88. The number of carboxylic acids is 1. The van der Waals surface area contributed by atoms with E-state index in [4.69, 9.17) is 5.11 Å². The fourth-order valence-corrected chi connectivity index (χ4v) is 2.40. The van der Waals surface area contributed by atoms with Crippen molar-refractivity contribution in [1.82, 2.24) is 0 Å². The molecule has 0 bridgehead atoms. The largest absolute Gasteiger partial charge is 0.481 e. The van der Waals surface area contributed by atoms with Crippen LogP contribution >= 0.6 is 0 Å². The van der Waals surface area contributed by atoms with Crippen molar-refractivity contribution in [2.24, 2.45) is 11.8 Å². The number of carboxylic acid groups (broad SMARTS) is 1. The number of hydrogen-bond acceptors (Lipinski definition) is 2. The van der Waals surface area contributed by atoms with Crippen LogP contribution in [0.15, 0.2) is 24.3 Å². The van der Waals surface area contributed by atoms with Crippen LogP contribution in [-0.2, 0) is 4.79 Å². The van der Waals surface area contributed by atoms with Crippen molar-refractivity contribution in [1.29, 1.82) is 0 Å². The van der Waals surface area contributed by atoms with Gasteiger partial charge in [-0.25, -0.2) is 4.39 Å². The number of Topliss-reactive ketones (excluding diaryl/α,β-unsaturated/α-hetero) is 1. The van der Waals surface area contributed by atoms with E-state index < -0.39 is 23.6 Å². The molecule has 0 aliphatic heterocycles. The van der Waals surface area contributed by atoms with Gasteiger partial charge in [0.05, 0.1) is 5.92 Å². The second-order valence-corrected chi connectivity index (χ2v) is 4.35. The maximum atomic E-state index is 12.7. The number of rotatable bonds is 3. The monoisotopic (exact) mass is 236 g/mol. The first-order valence-corrected chi connectivity index (χ1v) is 5.62. The van der Waals surface area contributed by atoms with E-state index in [0.717, 1.165) is 6.42 Å². The molecule has 1 aliphatic carbocycles. The highest BCUT2D eigenvalue weighted by atomic mass is 19.1. The van der Waals surface area contributed by atoms with Crippen LogP contribution in [0, 0.1) is 17.7 Å². The van der Waals surface area contributed by atoms with E-state index in [2.05, 4.69) is 0 Å². The Hall–Kier alpha value is -1.71. The standard InChI is InChI=1S/C13H13FO3/c14-9-6-4-8(5-7-9)12(15)10-2-1-3-11(10)13(16)17/h4-7,10-11H,1-3H2,(H,16,17)/t10-,11+/m1/s1. The van der Waals surface area contributed by atoms with Gasteiger partial charge in [-0.1, -0.05) is 6.42 Å². The van der Waals surface area contributed by atoms with Crippen LogP contribution in [0.5, 0.6) is 0 Å². The molecule has 90 valence electrons. The summed E-state index contributed by atoms with van der Waals surface area (Å²) in [6.45, 7) is 0. The Bertz CT molecular complexity index is 438. The van der Waals surface area contributed by atoms with Crippen LogP contribution in [0.2, 0.25) is 0 Å². The predicted molar refractivity (Wildman–Crippen MR) is 59.2 cm³/mol. The SMILES string of the molecule is O=C(O)[C@H]1CCC[C@H]1C(=O)c1ccc(F)cc1. The number of hydrogen-bond donors (Lipinski definition) is 1. The zero-order valence-electron chi connectivity index (χ0n) is 9.23. The van der Waals surface area contributed by atoms with E-state index in [1.54, 1.807) is 0 Å². The Morgan fingerprint density at radius 1 is 1.12 bits per heavy atom. The molecule has 0 spiro atoms. The number of halogens is 1. The normalized spacial score (nSPS) is 23.6. The molecular weight excluding hydrogens is 223 g/mol. The summed E-state index contributed by atoms with van der Waals surface area (Å²) in [5.74, 6) is -2.55. The van der Waals surface area contributed by atoms with Gasteiger partial charge in [-0.05, 0) is 37.1 Å². The summed E-state index contributed by atoms with van der Waals surface area (Å²) in [4.78, 5) is 23.1. The lowest BCUT2D eigenvalue weighted by molar-refractivity contribution is -0.142. The fourth-order valence-electron chi connectivity index (χ4n) is 2.40. The van der Waals surface area contributed by atoms with Gasteiger partial charge in [0.15, 0.2) is 5.78 Å². The van der Waals surface area contributed by atoms with E-state index in [1.807, 2.05) is 0 Å². The lowest BCUT2D eigenvalue weighted by Crippen LogP contribution is -2.25. The second-order valence-electron chi connectivity index (χ2n) is 4.35. The van der Waals surface area contributed by atoms with Gasteiger partial charge in [-0.3, -0.25) is 9.59 Å². The predicted octanol–water partition coefficient (Wildman–Crippen LogP) is 2.51. The second kappa shape index (κ2) is 4.65. The molecule has 0 saturated heterocycles. The zero-order valence-corrected chi connectivity index (χ0v) is 9.23. The smallest absolute Gasteiger partial charge is 0.307 e. The van der Waals surface area contributed by atoms with Crippen LogP contribution in [0.4, 0.5) is 4.39 Å². The summed E-state index contributed by atoms with van der Waals surface area (Å²) in [5.41, 5.74) is 0.393. The third-order valence-corrected chi connectivity index (χ3v) is 3.30. The average molecular weight is 236 g/mol. The van der Waals surface area contributed by atoms with Crippen molar-refractivity contribution in [3.05, 3.63) is 35.6 Å². The highest BCUT2D eigenvalue weighted by molar-refractivity contribution is 6.00. The van der Waals surface area contributed by atoms with E-state index in [-0.39, 0.29) is 5.78 Å². The minimum absolute atomic E-state index is 0.185. The van der Waals surface area contributed by atoms with E-state index in [9.17, 15) is 14.0 Å². The van der Waals surface area contributed by atoms with Gasteiger partial charge in [0.2, 0.25) is 0 Å². The molecule has 1 fully saturated rings. The van der Waals surface area contributed by atoms with Crippen LogP contribution < -0.4 is 0 Å². The Morgan fingerprint density at radius 3 is 2.29 bits per heavy atom. The molecule has 2 rings (SSSR count). The molecule has 0 heterocycles. The summed E-state index contributed by atoms with van der Waals surface area (Å²) in [6, 6.07) is 5.26. The highest BCUT2D eigenvalue weighted by Gasteiger charge is 2.37. The van der Waals surface area contributed by atoms with Crippen molar-refractivity contribution in [3.63, 3.8) is 0 Å². The van der Waals surface area contributed by atoms with Crippen molar-refractivity contribution in [2.75, 3.05) is 0 Å². The molecule has 0 unspecified atom stereocenters. The topological polar surface area (TPSA) is 54.4 Å². The van der Waals surface area contributed by atoms with Crippen molar-refractivity contribution in [2.45, 2.75) is 19.3 Å². The van der Waals surface area contributed by atoms with E-state index >= 15 is 0 Å². The minimum atomic E-state index is -0.914. The lowest BCUT2D eigenvalue weighted by Gasteiger charge is -2.14. The maximum absolute atomic E-state index is 12.7. The Morgan fingerprint density at radius 2 is 1.71 bits per heavy atom. The molecule has 0 aromatic heterocycles. The molecule has 1 aliphatic rings. The first-order valence-electron chi connectivity index (χ1n) is 5.62. The molecule has 1 saturated carbocycles. The van der Waals surface area contributed by atoms with Gasteiger partial charge in [-0.2, -0.15) is 0 Å². The first-order chi connectivity index (χ1) is 8.09. The van der Waals surface area contributed by atoms with E-state index in [1.165, 1.54) is 24.3 Å². The third kappa shape index (κ3) is 2.35.